The summed E-state index contributed by atoms with van der Waals surface area (Å²) in [6, 6.07) is 0.663. The average Bonchev–Trinajstić information content (AvgIpc) is 2.91. The zero-order valence-corrected chi connectivity index (χ0v) is 11.8. The Morgan fingerprint density at radius 1 is 1.11 bits per heavy atom. The van der Waals surface area contributed by atoms with Crippen LogP contribution >= 0.6 is 0 Å². The molecular weight excluding hydrogens is 226 g/mol. The van der Waals surface area contributed by atoms with Gasteiger partial charge in [0.05, 0.1) is 5.92 Å². The molecule has 4 nitrogen and oxygen atoms in total. The molecule has 2 atom stereocenters. The summed E-state index contributed by atoms with van der Waals surface area (Å²) in [5, 5.41) is 0. The number of carbonyl (C=O) groups excluding carboxylic acids is 1. The molecule has 1 amide bonds. The largest absolute Gasteiger partial charge is 0.342 e. The highest BCUT2D eigenvalue weighted by Crippen LogP contribution is 2.22. The predicted molar refractivity (Wildman–Crippen MR) is 73.2 cm³/mol. The van der Waals surface area contributed by atoms with E-state index in [9.17, 15) is 4.79 Å². The summed E-state index contributed by atoms with van der Waals surface area (Å²) >= 11 is 0. The number of nitrogens with zero attached hydrogens (tertiary/aromatic N) is 2. The monoisotopic (exact) mass is 253 g/mol. The van der Waals surface area contributed by atoms with Crippen molar-refractivity contribution in [1.82, 2.24) is 9.80 Å². The predicted octanol–water partition coefficient (Wildman–Crippen LogP) is 1.06. The van der Waals surface area contributed by atoms with E-state index in [-0.39, 0.29) is 17.9 Å². The molecule has 2 aliphatic heterocycles. The van der Waals surface area contributed by atoms with Gasteiger partial charge in [0.1, 0.15) is 0 Å². The zero-order chi connectivity index (χ0) is 13.1. The van der Waals surface area contributed by atoms with Crippen LogP contribution in [0.5, 0.6) is 0 Å². The number of amides is 1. The van der Waals surface area contributed by atoms with Crippen LogP contribution in [0.2, 0.25) is 0 Å². The molecule has 0 aromatic carbocycles. The van der Waals surface area contributed by atoms with Crippen molar-refractivity contribution in [2.24, 2.45) is 11.7 Å². The van der Waals surface area contributed by atoms with Crippen molar-refractivity contribution in [2.45, 2.75) is 51.6 Å². The van der Waals surface area contributed by atoms with E-state index in [0.29, 0.717) is 6.04 Å². The van der Waals surface area contributed by atoms with Gasteiger partial charge in [-0.05, 0) is 45.7 Å². The molecule has 2 aliphatic rings. The van der Waals surface area contributed by atoms with E-state index < -0.39 is 0 Å². The van der Waals surface area contributed by atoms with Crippen LogP contribution in [-0.2, 0) is 4.79 Å². The van der Waals surface area contributed by atoms with Crippen LogP contribution in [0.15, 0.2) is 0 Å². The van der Waals surface area contributed by atoms with Gasteiger partial charge >= 0.3 is 0 Å². The van der Waals surface area contributed by atoms with Crippen molar-refractivity contribution in [3.8, 4) is 0 Å². The van der Waals surface area contributed by atoms with Crippen LogP contribution in [0.25, 0.3) is 0 Å². The highest BCUT2D eigenvalue weighted by molar-refractivity contribution is 5.79. The Morgan fingerprint density at radius 3 is 2.17 bits per heavy atom. The van der Waals surface area contributed by atoms with Crippen molar-refractivity contribution < 1.29 is 4.79 Å². The summed E-state index contributed by atoms with van der Waals surface area (Å²) in [6.45, 7) is 8.21. The first-order valence-corrected chi connectivity index (χ1v) is 7.38. The van der Waals surface area contributed by atoms with Crippen molar-refractivity contribution in [1.29, 1.82) is 0 Å². The maximum Gasteiger partial charge on any atom is 0.226 e. The lowest BCUT2D eigenvalue weighted by Crippen LogP contribution is -2.49. The first kappa shape index (κ1) is 13.8. The third kappa shape index (κ3) is 3.04. The number of hydrogen-bond acceptors (Lipinski definition) is 3. The summed E-state index contributed by atoms with van der Waals surface area (Å²) in [7, 11) is 0. The van der Waals surface area contributed by atoms with Crippen LogP contribution < -0.4 is 5.73 Å². The molecule has 4 heteroatoms. The number of carbonyl (C=O) groups is 1. The van der Waals surface area contributed by atoms with Gasteiger partial charge in [-0.15, -0.1) is 0 Å². The second-order valence-electron chi connectivity index (χ2n) is 5.95. The maximum absolute atomic E-state index is 12.2. The van der Waals surface area contributed by atoms with Crippen molar-refractivity contribution in [3.63, 3.8) is 0 Å². The zero-order valence-electron chi connectivity index (χ0n) is 11.8. The minimum atomic E-state index is -0.0478. The fourth-order valence-corrected chi connectivity index (χ4v) is 3.07. The molecule has 0 aromatic rings. The van der Waals surface area contributed by atoms with Gasteiger partial charge in [0.15, 0.2) is 0 Å². The van der Waals surface area contributed by atoms with Gasteiger partial charge in [0, 0.05) is 25.2 Å². The van der Waals surface area contributed by atoms with Crippen molar-refractivity contribution >= 4 is 5.91 Å². The van der Waals surface area contributed by atoms with E-state index in [1.54, 1.807) is 0 Å². The van der Waals surface area contributed by atoms with E-state index in [2.05, 4.69) is 4.90 Å². The molecule has 18 heavy (non-hydrogen) atoms. The van der Waals surface area contributed by atoms with Crippen molar-refractivity contribution in [3.05, 3.63) is 0 Å². The Hall–Kier alpha value is -0.610. The first-order chi connectivity index (χ1) is 8.59. The Balaban J connectivity index is 1.80. The molecule has 0 aromatic heterocycles. The summed E-state index contributed by atoms with van der Waals surface area (Å²) < 4.78 is 0. The highest BCUT2D eigenvalue weighted by atomic mass is 16.2. The SMILES string of the molecule is CC(N)C(C)C(=O)N1CCC(N2CCCC2)CC1. The molecule has 2 rings (SSSR count). The standard InChI is InChI=1S/C14H27N3O/c1-11(12(2)15)14(18)17-9-5-13(6-10-17)16-7-3-4-8-16/h11-13H,3-10,15H2,1-2H3. The van der Waals surface area contributed by atoms with E-state index in [1.165, 1.54) is 25.9 Å². The molecule has 0 saturated carbocycles. The van der Waals surface area contributed by atoms with Gasteiger partial charge in [-0.3, -0.25) is 4.79 Å². The van der Waals surface area contributed by atoms with E-state index >= 15 is 0 Å². The van der Waals surface area contributed by atoms with Gasteiger partial charge in [-0.2, -0.15) is 0 Å². The second-order valence-corrected chi connectivity index (χ2v) is 5.95. The lowest BCUT2D eigenvalue weighted by molar-refractivity contribution is -0.137. The third-order valence-electron chi connectivity index (χ3n) is 4.61. The Morgan fingerprint density at radius 2 is 1.67 bits per heavy atom. The lowest BCUT2D eigenvalue weighted by atomic mass is 9.98. The van der Waals surface area contributed by atoms with Crippen LogP contribution in [0.1, 0.15) is 39.5 Å². The summed E-state index contributed by atoms with van der Waals surface area (Å²) in [6.07, 6.45) is 4.97. The normalized spacial score (nSPS) is 26.3. The smallest absolute Gasteiger partial charge is 0.226 e. The highest BCUT2D eigenvalue weighted by Gasteiger charge is 2.30. The minimum Gasteiger partial charge on any atom is -0.342 e. The molecule has 2 saturated heterocycles. The number of nitrogens with two attached hydrogens (primary N) is 1. The number of likely N-dealkylation sites (tertiary alicyclic amines) is 2. The fraction of sp³-hybridized carbons (Fsp3) is 0.929. The van der Waals surface area contributed by atoms with Gasteiger partial charge < -0.3 is 15.5 Å². The average molecular weight is 253 g/mol. The first-order valence-electron chi connectivity index (χ1n) is 7.38. The molecule has 0 aliphatic carbocycles. The lowest BCUT2D eigenvalue weighted by Gasteiger charge is -2.38. The van der Waals surface area contributed by atoms with Crippen LogP contribution in [0, 0.1) is 5.92 Å². The summed E-state index contributed by atoms with van der Waals surface area (Å²) in [4.78, 5) is 16.8. The molecule has 0 bridgehead atoms. The third-order valence-corrected chi connectivity index (χ3v) is 4.61. The number of piperidine rings is 1. The summed E-state index contributed by atoms with van der Waals surface area (Å²) in [5.41, 5.74) is 5.81. The van der Waals surface area contributed by atoms with Gasteiger partial charge in [-0.25, -0.2) is 0 Å². The molecule has 104 valence electrons. The Bertz CT molecular complexity index is 279. The van der Waals surface area contributed by atoms with Crippen molar-refractivity contribution in [2.75, 3.05) is 26.2 Å². The van der Waals surface area contributed by atoms with E-state index in [4.69, 9.17) is 5.73 Å². The summed E-state index contributed by atoms with van der Waals surface area (Å²) in [5.74, 6) is 0.193. The van der Waals surface area contributed by atoms with E-state index in [1.807, 2.05) is 18.7 Å². The Labute approximate surface area is 110 Å². The quantitative estimate of drug-likeness (QED) is 0.818. The molecule has 2 heterocycles. The minimum absolute atomic E-state index is 0.0474. The molecular formula is C14H27N3O. The van der Waals surface area contributed by atoms with Gasteiger partial charge in [0.2, 0.25) is 5.91 Å². The molecule has 0 spiro atoms. The van der Waals surface area contributed by atoms with E-state index in [0.717, 1.165) is 25.9 Å². The van der Waals surface area contributed by atoms with Gasteiger partial charge in [-0.1, -0.05) is 6.92 Å². The molecule has 2 unspecified atom stereocenters. The fourth-order valence-electron chi connectivity index (χ4n) is 3.07. The number of hydrogen-bond donors (Lipinski definition) is 1. The van der Waals surface area contributed by atoms with Crippen LogP contribution in [0.3, 0.4) is 0 Å². The molecule has 0 radical (unpaired) electrons. The Kier molecular flexibility index (Phi) is 4.62. The van der Waals surface area contributed by atoms with Crippen LogP contribution in [-0.4, -0.2) is 54.0 Å². The molecule has 2 N–H and O–H groups in total. The number of rotatable bonds is 3. The maximum atomic E-state index is 12.2. The molecule has 2 fully saturated rings. The second kappa shape index (κ2) is 6.02. The topological polar surface area (TPSA) is 49.6 Å². The van der Waals surface area contributed by atoms with Crippen LogP contribution in [0.4, 0.5) is 0 Å². The van der Waals surface area contributed by atoms with Gasteiger partial charge in [0.25, 0.3) is 0 Å².